The van der Waals surface area contributed by atoms with Gasteiger partial charge in [-0.15, -0.1) is 0 Å². The number of aromatic amines is 2. The molecule has 0 aliphatic heterocycles. The van der Waals surface area contributed by atoms with Crippen LogP contribution in [0.3, 0.4) is 0 Å². The zero-order chi connectivity index (χ0) is 9.54. The summed E-state index contributed by atoms with van der Waals surface area (Å²) in [6, 6.07) is 5.86. The highest BCUT2D eigenvalue weighted by Gasteiger charge is 2.09. The number of rotatable bonds is 0. The van der Waals surface area contributed by atoms with Crippen LogP contribution in [0, 0.1) is 0 Å². The molecule has 3 aromatic rings. The summed E-state index contributed by atoms with van der Waals surface area (Å²) in [5.74, 6) is 0. The fraction of sp³-hybridized carbons (Fsp3) is 0. The monoisotopic (exact) mass is 185 g/mol. The van der Waals surface area contributed by atoms with E-state index in [1.165, 1.54) is 0 Å². The average molecular weight is 185 g/mol. The first-order valence-electron chi connectivity index (χ1n) is 4.38. The van der Waals surface area contributed by atoms with Gasteiger partial charge in [-0.3, -0.25) is 5.10 Å². The smallest absolute Gasteiger partial charge is 0.215 e. The first kappa shape index (κ1) is 7.32. The molecule has 0 spiro atoms. The molecule has 0 aliphatic carbocycles. The van der Waals surface area contributed by atoms with Crippen molar-refractivity contribution in [3.63, 3.8) is 0 Å². The van der Waals surface area contributed by atoms with E-state index in [4.69, 9.17) is 5.73 Å². The second-order valence-corrected chi connectivity index (χ2v) is 3.26. The lowest BCUT2D eigenvalue weighted by Crippen LogP contribution is -2.04. The Morgan fingerprint density at radius 1 is 1.29 bits per heavy atom. The Balaban J connectivity index is 2.67. The molecule has 0 aliphatic rings. The highest BCUT2D eigenvalue weighted by Crippen LogP contribution is 2.24. The van der Waals surface area contributed by atoms with Crippen molar-refractivity contribution < 1.29 is 4.98 Å². The third-order valence-electron chi connectivity index (χ3n) is 2.41. The zero-order valence-electron chi connectivity index (χ0n) is 7.41. The summed E-state index contributed by atoms with van der Waals surface area (Å²) in [5.41, 5.74) is 8.67. The van der Waals surface area contributed by atoms with Crippen molar-refractivity contribution in [3.05, 3.63) is 30.6 Å². The number of nitrogens with zero attached hydrogens (tertiary/aromatic N) is 1. The maximum absolute atomic E-state index is 5.91. The minimum Gasteiger partial charge on any atom is -0.398 e. The molecule has 1 aromatic carbocycles. The van der Waals surface area contributed by atoms with Crippen molar-refractivity contribution in [3.8, 4) is 0 Å². The Labute approximate surface area is 79.8 Å². The molecule has 4 N–H and O–H groups in total. The van der Waals surface area contributed by atoms with Gasteiger partial charge < -0.3 is 5.73 Å². The molecule has 0 radical (unpaired) electrons. The number of anilines is 1. The fourth-order valence-corrected chi connectivity index (χ4v) is 1.74. The number of nitrogen functional groups attached to an aromatic ring is 1. The topological polar surface area (TPSA) is 68.8 Å². The van der Waals surface area contributed by atoms with E-state index in [-0.39, 0.29) is 0 Å². The Kier molecular flexibility index (Phi) is 1.28. The predicted octanol–water partition coefficient (Wildman–Crippen LogP) is 1.11. The van der Waals surface area contributed by atoms with Crippen molar-refractivity contribution >= 4 is 27.5 Å². The van der Waals surface area contributed by atoms with Gasteiger partial charge in [0.2, 0.25) is 5.52 Å². The molecule has 0 saturated carbocycles. The lowest BCUT2D eigenvalue weighted by molar-refractivity contribution is -0.344. The largest absolute Gasteiger partial charge is 0.398 e. The molecule has 3 rings (SSSR count). The first-order valence-corrected chi connectivity index (χ1v) is 4.38. The number of nitrogens with two attached hydrogens (primary N) is 1. The maximum atomic E-state index is 5.91. The van der Waals surface area contributed by atoms with Crippen LogP contribution in [0.2, 0.25) is 0 Å². The highest BCUT2D eigenvalue weighted by molar-refractivity contribution is 6.08. The van der Waals surface area contributed by atoms with Crippen LogP contribution in [0.25, 0.3) is 21.8 Å². The first-order chi connectivity index (χ1) is 6.86. The van der Waals surface area contributed by atoms with Crippen LogP contribution in [0.4, 0.5) is 5.69 Å². The predicted molar refractivity (Wildman–Crippen MR) is 54.6 cm³/mol. The molecule has 4 nitrogen and oxygen atoms in total. The van der Waals surface area contributed by atoms with Crippen LogP contribution in [-0.4, -0.2) is 10.2 Å². The molecule has 0 atom stereocenters. The number of hydrogen-bond donors (Lipinski definition) is 2. The Bertz CT molecular complexity index is 612. The van der Waals surface area contributed by atoms with Gasteiger partial charge in [-0.1, -0.05) is 0 Å². The standard InChI is InChI=1S/C10H8N4/c11-7-3-4-12-8-2-1-6-5-13-14-10(6)9(7)8/h1-5H,(H2,11,12)(H,13,14)/p+1. The van der Waals surface area contributed by atoms with Gasteiger partial charge in [0, 0.05) is 17.5 Å². The number of hydrogen-bond acceptors (Lipinski definition) is 2. The number of pyridine rings is 1. The third-order valence-corrected chi connectivity index (χ3v) is 2.41. The zero-order valence-corrected chi connectivity index (χ0v) is 7.41. The van der Waals surface area contributed by atoms with Crippen molar-refractivity contribution in [2.45, 2.75) is 0 Å². The quantitative estimate of drug-likeness (QED) is 0.551. The van der Waals surface area contributed by atoms with Gasteiger partial charge in [0.1, 0.15) is 0 Å². The van der Waals surface area contributed by atoms with E-state index >= 15 is 0 Å². The number of nitrogens with one attached hydrogen (secondary N) is 2. The van der Waals surface area contributed by atoms with Crippen LogP contribution in [0.1, 0.15) is 0 Å². The van der Waals surface area contributed by atoms with Gasteiger partial charge >= 0.3 is 0 Å². The van der Waals surface area contributed by atoms with Crippen molar-refractivity contribution in [2.75, 3.05) is 5.73 Å². The van der Waals surface area contributed by atoms with Crippen molar-refractivity contribution in [1.29, 1.82) is 0 Å². The fourth-order valence-electron chi connectivity index (χ4n) is 1.74. The summed E-state index contributed by atoms with van der Waals surface area (Å²) < 4.78 is 0. The minimum atomic E-state index is 0.758. The molecule has 2 aromatic heterocycles. The summed E-state index contributed by atoms with van der Waals surface area (Å²) in [6.07, 6.45) is 3.63. The van der Waals surface area contributed by atoms with Gasteiger partial charge in [0.25, 0.3) is 0 Å². The Morgan fingerprint density at radius 3 is 3.14 bits per heavy atom. The van der Waals surface area contributed by atoms with E-state index in [1.54, 1.807) is 6.20 Å². The summed E-state index contributed by atoms with van der Waals surface area (Å²) in [7, 11) is 0. The minimum absolute atomic E-state index is 0.758. The van der Waals surface area contributed by atoms with Crippen LogP contribution < -0.4 is 10.7 Å². The number of H-pyrrole nitrogens is 2. The number of aromatic nitrogens is 3. The molecule has 68 valence electrons. The van der Waals surface area contributed by atoms with Crippen molar-refractivity contribution in [2.24, 2.45) is 0 Å². The van der Waals surface area contributed by atoms with Crippen LogP contribution in [0.5, 0.6) is 0 Å². The number of benzene rings is 1. The summed E-state index contributed by atoms with van der Waals surface area (Å²) in [4.78, 5) is 3.15. The highest BCUT2D eigenvalue weighted by atomic mass is 15.1. The molecule has 0 amide bonds. The Hall–Kier alpha value is -2.10. The van der Waals surface area contributed by atoms with E-state index in [1.807, 2.05) is 24.4 Å². The van der Waals surface area contributed by atoms with Gasteiger partial charge in [-0.05, 0) is 6.07 Å². The molecule has 0 fully saturated rings. The van der Waals surface area contributed by atoms with Crippen LogP contribution in [0.15, 0.2) is 30.6 Å². The summed E-state index contributed by atoms with van der Waals surface area (Å²) in [6.45, 7) is 0. The molecule has 0 saturated heterocycles. The molecular weight excluding hydrogens is 176 g/mol. The molecule has 4 heteroatoms. The van der Waals surface area contributed by atoms with Gasteiger partial charge in [-0.2, -0.15) is 5.10 Å². The normalized spacial score (nSPS) is 11.1. The summed E-state index contributed by atoms with van der Waals surface area (Å²) in [5, 5.41) is 9.03. The van der Waals surface area contributed by atoms with E-state index < -0.39 is 0 Å². The van der Waals surface area contributed by atoms with Crippen LogP contribution in [-0.2, 0) is 0 Å². The molecule has 0 unspecified atom stereocenters. The van der Waals surface area contributed by atoms with Crippen LogP contribution >= 0.6 is 0 Å². The van der Waals surface area contributed by atoms with E-state index in [9.17, 15) is 0 Å². The molecular formula is C10H9N4+. The van der Waals surface area contributed by atoms with E-state index in [2.05, 4.69) is 15.2 Å². The lowest BCUT2D eigenvalue weighted by atomic mass is 10.1. The number of fused-ring (bicyclic) bond motifs is 3. The molecule has 2 heterocycles. The van der Waals surface area contributed by atoms with Gasteiger partial charge in [-0.25, -0.2) is 4.98 Å². The SMILES string of the molecule is Nc1cc[nH+]c2ccc3cn[nH]c3c12. The van der Waals surface area contributed by atoms with Gasteiger partial charge in [0.05, 0.1) is 22.8 Å². The maximum Gasteiger partial charge on any atom is 0.215 e. The molecule has 14 heavy (non-hydrogen) atoms. The second-order valence-electron chi connectivity index (χ2n) is 3.26. The second kappa shape index (κ2) is 2.45. The molecule has 0 bridgehead atoms. The van der Waals surface area contributed by atoms with E-state index in [0.29, 0.717) is 0 Å². The summed E-state index contributed by atoms with van der Waals surface area (Å²) >= 11 is 0. The van der Waals surface area contributed by atoms with E-state index in [0.717, 1.165) is 27.5 Å². The Morgan fingerprint density at radius 2 is 2.21 bits per heavy atom. The lowest BCUT2D eigenvalue weighted by Gasteiger charge is -1.97. The third kappa shape index (κ3) is 0.821. The van der Waals surface area contributed by atoms with Crippen molar-refractivity contribution in [1.82, 2.24) is 10.2 Å². The average Bonchev–Trinajstić information content (AvgIpc) is 2.65. The van der Waals surface area contributed by atoms with Gasteiger partial charge in [0.15, 0.2) is 6.20 Å².